The van der Waals surface area contributed by atoms with Crippen molar-refractivity contribution in [3.63, 3.8) is 0 Å². The van der Waals surface area contributed by atoms with Crippen LogP contribution in [0.4, 0.5) is 22.7 Å². The molecule has 0 heterocycles. The van der Waals surface area contributed by atoms with Gasteiger partial charge in [-0.05, 0) is 36.4 Å². The average Bonchev–Trinajstić information content (AvgIpc) is 2.93. The number of amides is 2. The van der Waals surface area contributed by atoms with Crippen molar-refractivity contribution >= 4 is 56.2 Å². The number of hydrogen-bond donors (Lipinski definition) is 2. The van der Waals surface area contributed by atoms with Crippen LogP contribution in [0.5, 0.6) is 0 Å². The maximum absolute atomic E-state index is 12.7. The number of anilines is 2. The first-order valence-corrected chi connectivity index (χ1v) is 13.1. The number of nitrogens with one attached hydrogen (secondary N) is 2. The second-order valence-corrected chi connectivity index (χ2v) is 9.90. The minimum absolute atomic E-state index is 0.192. The fraction of sp³-hybridized carbons (Fsp3) is 0. The maximum atomic E-state index is 12.7. The lowest BCUT2D eigenvalue weighted by Crippen LogP contribution is -2.12. The molecule has 12 heteroatoms. The van der Waals surface area contributed by atoms with Gasteiger partial charge in [-0.25, -0.2) is 0 Å². The van der Waals surface area contributed by atoms with Crippen LogP contribution in [0, 0.1) is 20.2 Å². The highest BCUT2D eigenvalue weighted by molar-refractivity contribution is 8.76. The molecule has 190 valence electrons. The van der Waals surface area contributed by atoms with Crippen LogP contribution in [0.15, 0.2) is 107 Å². The Morgan fingerprint density at radius 3 is 1.29 bits per heavy atom. The summed E-state index contributed by atoms with van der Waals surface area (Å²) in [5, 5.41) is 28.3. The molecule has 0 unspecified atom stereocenters. The van der Waals surface area contributed by atoms with E-state index in [1.807, 2.05) is 0 Å². The average molecular weight is 547 g/mol. The van der Waals surface area contributed by atoms with E-state index >= 15 is 0 Å². The van der Waals surface area contributed by atoms with Gasteiger partial charge in [-0.1, -0.05) is 58.0 Å². The number of hydrogen-bond acceptors (Lipinski definition) is 8. The molecule has 0 radical (unpaired) electrons. The van der Waals surface area contributed by atoms with E-state index in [2.05, 4.69) is 10.6 Å². The van der Waals surface area contributed by atoms with Crippen molar-refractivity contribution in [3.8, 4) is 0 Å². The van der Waals surface area contributed by atoms with Crippen LogP contribution in [-0.2, 0) is 0 Å². The minimum Gasteiger partial charge on any atom is -0.321 e. The number of nitrogens with zero attached hydrogens (tertiary/aromatic N) is 2. The number of carbonyl (C=O) groups is 2. The number of nitro groups is 2. The normalized spacial score (nSPS) is 10.4. The van der Waals surface area contributed by atoms with Crippen LogP contribution in [0.3, 0.4) is 0 Å². The van der Waals surface area contributed by atoms with Crippen LogP contribution in [0.1, 0.15) is 20.7 Å². The number of nitro benzene ring substituents is 2. The second kappa shape index (κ2) is 12.0. The molecule has 4 aromatic carbocycles. The Morgan fingerprint density at radius 1 is 0.579 bits per heavy atom. The monoisotopic (exact) mass is 546 g/mol. The molecule has 0 aliphatic carbocycles. The van der Waals surface area contributed by atoms with E-state index in [0.29, 0.717) is 32.3 Å². The summed E-state index contributed by atoms with van der Waals surface area (Å²) in [6.45, 7) is 0. The quantitative estimate of drug-likeness (QED) is 0.132. The molecule has 0 saturated heterocycles. The fourth-order valence-electron chi connectivity index (χ4n) is 3.25. The van der Waals surface area contributed by atoms with Crippen LogP contribution in [0.25, 0.3) is 0 Å². The fourth-order valence-corrected chi connectivity index (χ4v) is 5.55. The Hall–Kier alpha value is -4.68. The Bertz CT molecular complexity index is 1400. The second-order valence-electron chi connectivity index (χ2n) is 7.68. The van der Waals surface area contributed by atoms with Crippen molar-refractivity contribution in [2.24, 2.45) is 0 Å². The molecule has 0 atom stereocenters. The Morgan fingerprint density at radius 2 is 0.947 bits per heavy atom. The van der Waals surface area contributed by atoms with E-state index in [1.165, 1.54) is 36.4 Å². The molecular formula is C26H18N4O6S2. The van der Waals surface area contributed by atoms with Crippen LogP contribution >= 0.6 is 21.6 Å². The van der Waals surface area contributed by atoms with Crippen LogP contribution in [0.2, 0.25) is 0 Å². The van der Waals surface area contributed by atoms with Crippen molar-refractivity contribution in [1.82, 2.24) is 0 Å². The molecule has 0 spiro atoms. The molecule has 0 aliphatic heterocycles. The maximum Gasteiger partial charge on any atom is 0.270 e. The van der Waals surface area contributed by atoms with Crippen molar-refractivity contribution < 1.29 is 19.4 Å². The summed E-state index contributed by atoms with van der Waals surface area (Å²) in [5.41, 5.74) is 1.06. The first-order chi connectivity index (χ1) is 18.3. The van der Waals surface area contributed by atoms with Crippen molar-refractivity contribution in [3.05, 3.63) is 128 Å². The molecule has 0 aromatic heterocycles. The van der Waals surface area contributed by atoms with Gasteiger partial charge in [0.15, 0.2) is 0 Å². The number of rotatable bonds is 9. The third-order valence-electron chi connectivity index (χ3n) is 5.14. The summed E-state index contributed by atoms with van der Waals surface area (Å²) in [7, 11) is 2.10. The van der Waals surface area contributed by atoms with Gasteiger partial charge in [0.2, 0.25) is 0 Å². The standard InChI is InChI=1S/C26H18N4O6S2/c31-25(17-7-3-1-4-8-17)27-21-13-11-19(29(33)34)15-23(21)37-38-24-16-20(30(35)36)12-14-22(24)28-26(32)18-9-5-2-6-10-18/h1-16H,(H,27,31)(H,28,32). The zero-order valence-corrected chi connectivity index (χ0v) is 21.0. The first kappa shape index (κ1) is 26.4. The van der Waals surface area contributed by atoms with Gasteiger partial charge in [0.05, 0.1) is 21.2 Å². The van der Waals surface area contributed by atoms with E-state index in [1.54, 1.807) is 60.7 Å². The largest absolute Gasteiger partial charge is 0.321 e. The summed E-state index contributed by atoms with van der Waals surface area (Å²) < 4.78 is 0. The molecule has 4 rings (SSSR count). The zero-order valence-electron chi connectivity index (χ0n) is 19.4. The summed E-state index contributed by atoms with van der Waals surface area (Å²) in [5.74, 6) is -0.810. The molecule has 4 aromatic rings. The summed E-state index contributed by atoms with van der Waals surface area (Å²) in [6, 6.07) is 24.9. The highest BCUT2D eigenvalue weighted by Crippen LogP contribution is 2.45. The Labute approximate surface area is 224 Å². The SMILES string of the molecule is O=C(Nc1ccc([N+](=O)[O-])cc1SSc1cc([N+](=O)[O-])ccc1NC(=O)c1ccccc1)c1ccccc1. The molecule has 38 heavy (non-hydrogen) atoms. The Balaban J connectivity index is 1.63. The third-order valence-corrected chi connectivity index (χ3v) is 7.59. The molecule has 2 N–H and O–H groups in total. The van der Waals surface area contributed by atoms with E-state index in [-0.39, 0.29) is 11.4 Å². The highest BCUT2D eigenvalue weighted by atomic mass is 33.1. The predicted molar refractivity (Wildman–Crippen MR) is 147 cm³/mol. The summed E-state index contributed by atoms with van der Waals surface area (Å²) in [6.07, 6.45) is 0. The predicted octanol–water partition coefficient (Wildman–Crippen LogP) is 6.81. The molecule has 0 aliphatic rings. The Kier molecular flexibility index (Phi) is 8.36. The van der Waals surface area contributed by atoms with E-state index in [0.717, 1.165) is 21.6 Å². The smallest absolute Gasteiger partial charge is 0.270 e. The number of benzene rings is 4. The van der Waals surface area contributed by atoms with E-state index in [4.69, 9.17) is 0 Å². The van der Waals surface area contributed by atoms with Crippen molar-refractivity contribution in [2.45, 2.75) is 9.79 Å². The molecule has 0 fully saturated rings. The number of carbonyl (C=O) groups excluding carboxylic acids is 2. The molecule has 0 saturated carbocycles. The lowest BCUT2D eigenvalue weighted by molar-refractivity contribution is -0.385. The van der Waals surface area contributed by atoms with Gasteiger partial charge in [-0.2, -0.15) is 0 Å². The first-order valence-electron chi connectivity index (χ1n) is 11.0. The topological polar surface area (TPSA) is 144 Å². The lowest BCUT2D eigenvalue weighted by Gasteiger charge is -2.13. The van der Waals surface area contributed by atoms with Gasteiger partial charge in [-0.15, -0.1) is 0 Å². The highest BCUT2D eigenvalue weighted by Gasteiger charge is 2.18. The van der Waals surface area contributed by atoms with Crippen LogP contribution < -0.4 is 10.6 Å². The van der Waals surface area contributed by atoms with Crippen molar-refractivity contribution in [2.75, 3.05) is 10.6 Å². The molecule has 10 nitrogen and oxygen atoms in total. The van der Waals surface area contributed by atoms with Crippen LogP contribution in [-0.4, -0.2) is 21.7 Å². The number of non-ortho nitro benzene ring substituents is 2. The van der Waals surface area contributed by atoms with Gasteiger partial charge >= 0.3 is 0 Å². The lowest BCUT2D eigenvalue weighted by atomic mass is 10.2. The van der Waals surface area contributed by atoms with E-state index in [9.17, 15) is 29.8 Å². The van der Waals surface area contributed by atoms with Gasteiger partial charge < -0.3 is 10.6 Å². The van der Waals surface area contributed by atoms with E-state index < -0.39 is 21.7 Å². The van der Waals surface area contributed by atoms with Gasteiger partial charge in [0.25, 0.3) is 23.2 Å². The van der Waals surface area contributed by atoms with Crippen molar-refractivity contribution in [1.29, 1.82) is 0 Å². The van der Waals surface area contributed by atoms with Gasteiger partial charge in [0, 0.05) is 45.2 Å². The minimum atomic E-state index is -0.559. The molecule has 2 amide bonds. The van der Waals surface area contributed by atoms with Gasteiger partial charge in [0.1, 0.15) is 0 Å². The summed E-state index contributed by atoms with van der Waals surface area (Å²) >= 11 is 0. The third kappa shape index (κ3) is 6.55. The zero-order chi connectivity index (χ0) is 27.1. The molecule has 0 bridgehead atoms. The van der Waals surface area contributed by atoms with Gasteiger partial charge in [-0.3, -0.25) is 29.8 Å². The summed E-state index contributed by atoms with van der Waals surface area (Å²) in [4.78, 5) is 47.8. The molecular weight excluding hydrogens is 528 g/mol.